The van der Waals surface area contributed by atoms with Crippen molar-refractivity contribution in [2.75, 3.05) is 7.11 Å². The summed E-state index contributed by atoms with van der Waals surface area (Å²) < 4.78 is 50.9. The molecule has 3 aromatic rings. The maximum absolute atomic E-state index is 13.0. The average molecular weight is 543 g/mol. The zero-order valence-corrected chi connectivity index (χ0v) is 21.9. The first-order valence-electron chi connectivity index (χ1n) is 12.8. The highest BCUT2D eigenvalue weighted by molar-refractivity contribution is 7.14. The van der Waals surface area contributed by atoms with Crippen molar-refractivity contribution in [3.05, 3.63) is 58.6 Å². The van der Waals surface area contributed by atoms with Gasteiger partial charge in [-0.05, 0) is 81.2 Å². The predicted molar refractivity (Wildman–Crippen MR) is 139 cm³/mol. The minimum atomic E-state index is -4.52. The van der Waals surface area contributed by atoms with Gasteiger partial charge in [0.25, 0.3) is 0 Å². The molecule has 1 aromatic heterocycles. The quantitative estimate of drug-likeness (QED) is 0.360. The Balaban J connectivity index is 1.47. The summed E-state index contributed by atoms with van der Waals surface area (Å²) in [4.78, 5) is 0. The molecule has 0 saturated heterocycles. The minimum absolute atomic E-state index is 0.176. The number of aromatic nitrogens is 2. The molecule has 0 amide bonds. The standard InChI is InChI=1S/C29H29F3N2O3S/c1-36-24-10-9-21(18-25(24)37-23-7-2-3-8-23)28(15-12-22(35)13-16-28)14-11-19-5-4-6-20(17-19)26-33-34-27(38-26)29(30,31)32/h4-6,9-10,17-18,22-23,35H,2-3,7-8,12-13,15-16H2,1H3/t22-,28-. The molecule has 0 atom stereocenters. The van der Waals surface area contributed by atoms with Gasteiger partial charge in [-0.3, -0.25) is 0 Å². The smallest absolute Gasteiger partial charge is 0.445 e. The van der Waals surface area contributed by atoms with E-state index in [1.54, 1.807) is 25.3 Å². The van der Waals surface area contributed by atoms with Crippen LogP contribution in [0.15, 0.2) is 42.5 Å². The van der Waals surface area contributed by atoms with Crippen molar-refractivity contribution in [2.45, 2.75) is 75.2 Å². The van der Waals surface area contributed by atoms with Crippen LogP contribution in [0.4, 0.5) is 13.2 Å². The lowest BCUT2D eigenvalue weighted by molar-refractivity contribution is -0.138. The maximum atomic E-state index is 13.0. The zero-order valence-electron chi connectivity index (χ0n) is 21.1. The highest BCUT2D eigenvalue weighted by atomic mass is 32.1. The Kier molecular flexibility index (Phi) is 7.64. The number of benzene rings is 2. The Morgan fingerprint density at radius 3 is 2.45 bits per heavy atom. The molecule has 0 unspecified atom stereocenters. The third-order valence-corrected chi connectivity index (χ3v) is 8.36. The SMILES string of the molecule is COc1ccc([C@]2(C#Cc3cccc(-c4nnc(C(F)(F)F)s4)c3)CC[C@@H](O)CC2)cc1OC1CCCC1. The number of alkyl halides is 3. The van der Waals surface area contributed by atoms with E-state index in [-0.39, 0.29) is 17.2 Å². The largest absolute Gasteiger partial charge is 0.493 e. The first-order valence-corrected chi connectivity index (χ1v) is 13.6. The number of methoxy groups -OCH3 is 1. The highest BCUT2D eigenvalue weighted by Gasteiger charge is 2.37. The molecule has 1 heterocycles. The van der Waals surface area contributed by atoms with Gasteiger partial charge in [0.15, 0.2) is 11.5 Å². The molecule has 2 aromatic carbocycles. The van der Waals surface area contributed by atoms with Gasteiger partial charge in [-0.25, -0.2) is 0 Å². The fourth-order valence-electron chi connectivity index (χ4n) is 5.21. The third kappa shape index (κ3) is 5.82. The number of halogens is 3. The topological polar surface area (TPSA) is 64.5 Å². The molecule has 2 aliphatic carbocycles. The summed E-state index contributed by atoms with van der Waals surface area (Å²) in [5.74, 6) is 8.15. The molecule has 5 nitrogen and oxygen atoms in total. The molecule has 0 bridgehead atoms. The van der Waals surface area contributed by atoms with Crippen LogP contribution in [0.2, 0.25) is 0 Å². The molecular formula is C29H29F3N2O3S. The van der Waals surface area contributed by atoms with Crippen LogP contribution in [0, 0.1) is 11.8 Å². The van der Waals surface area contributed by atoms with E-state index in [1.807, 2.05) is 24.3 Å². The molecule has 38 heavy (non-hydrogen) atoms. The molecule has 1 N–H and O–H groups in total. The Morgan fingerprint density at radius 1 is 1.00 bits per heavy atom. The van der Waals surface area contributed by atoms with Gasteiger partial charge in [0.1, 0.15) is 5.01 Å². The second kappa shape index (κ2) is 11.0. The molecular weight excluding hydrogens is 513 g/mol. The van der Waals surface area contributed by atoms with Crippen molar-refractivity contribution in [3.8, 4) is 33.9 Å². The monoisotopic (exact) mass is 542 g/mol. The molecule has 200 valence electrons. The average Bonchev–Trinajstić information content (AvgIpc) is 3.62. The van der Waals surface area contributed by atoms with Crippen molar-refractivity contribution >= 4 is 11.3 Å². The van der Waals surface area contributed by atoms with E-state index in [1.165, 1.54) is 0 Å². The zero-order chi connectivity index (χ0) is 26.8. The van der Waals surface area contributed by atoms with Gasteiger partial charge in [-0.15, -0.1) is 10.2 Å². The summed E-state index contributed by atoms with van der Waals surface area (Å²) in [5, 5.41) is 16.5. The van der Waals surface area contributed by atoms with Gasteiger partial charge in [-0.2, -0.15) is 13.2 Å². The number of aliphatic hydroxyl groups is 1. The van der Waals surface area contributed by atoms with Crippen LogP contribution in [-0.4, -0.2) is 34.6 Å². The van der Waals surface area contributed by atoms with Crippen molar-refractivity contribution in [2.24, 2.45) is 0 Å². The summed E-state index contributed by atoms with van der Waals surface area (Å²) in [6, 6.07) is 13.0. The van der Waals surface area contributed by atoms with Crippen LogP contribution in [0.5, 0.6) is 11.5 Å². The molecule has 0 radical (unpaired) electrons. The van der Waals surface area contributed by atoms with Gasteiger partial charge >= 0.3 is 6.18 Å². The maximum Gasteiger partial charge on any atom is 0.445 e. The van der Waals surface area contributed by atoms with Crippen molar-refractivity contribution in [1.82, 2.24) is 10.2 Å². The van der Waals surface area contributed by atoms with Gasteiger partial charge in [-0.1, -0.05) is 41.4 Å². The van der Waals surface area contributed by atoms with E-state index < -0.39 is 16.6 Å². The molecule has 5 rings (SSSR count). The minimum Gasteiger partial charge on any atom is -0.493 e. The van der Waals surface area contributed by atoms with Crippen molar-refractivity contribution in [1.29, 1.82) is 0 Å². The molecule has 2 saturated carbocycles. The van der Waals surface area contributed by atoms with E-state index in [2.05, 4.69) is 22.0 Å². The number of hydrogen-bond donors (Lipinski definition) is 1. The van der Waals surface area contributed by atoms with Crippen molar-refractivity contribution in [3.63, 3.8) is 0 Å². The summed E-state index contributed by atoms with van der Waals surface area (Å²) in [6.07, 6.45) is 2.29. The Labute approximate surface area is 224 Å². The van der Waals surface area contributed by atoms with E-state index >= 15 is 0 Å². The van der Waals surface area contributed by atoms with E-state index in [9.17, 15) is 18.3 Å². The fourth-order valence-corrected chi connectivity index (χ4v) is 5.92. The van der Waals surface area contributed by atoms with Gasteiger partial charge < -0.3 is 14.6 Å². The van der Waals surface area contributed by atoms with Crippen LogP contribution in [0.1, 0.15) is 67.5 Å². The number of ether oxygens (including phenoxy) is 2. The number of hydrogen-bond acceptors (Lipinski definition) is 6. The van der Waals surface area contributed by atoms with Crippen LogP contribution in [-0.2, 0) is 11.6 Å². The highest BCUT2D eigenvalue weighted by Crippen LogP contribution is 2.43. The van der Waals surface area contributed by atoms with E-state index in [4.69, 9.17) is 9.47 Å². The Morgan fingerprint density at radius 2 is 1.76 bits per heavy atom. The molecule has 2 fully saturated rings. The van der Waals surface area contributed by atoms with Crippen LogP contribution in [0.3, 0.4) is 0 Å². The lowest BCUT2D eigenvalue weighted by Crippen LogP contribution is -2.32. The van der Waals surface area contributed by atoms with Crippen LogP contribution in [0.25, 0.3) is 10.6 Å². The number of nitrogens with zero attached hydrogens (tertiary/aromatic N) is 2. The number of aliphatic hydroxyl groups excluding tert-OH is 1. The Hall–Kier alpha value is -3.09. The molecule has 0 spiro atoms. The molecule has 2 aliphatic rings. The van der Waals surface area contributed by atoms with E-state index in [0.29, 0.717) is 59.6 Å². The summed E-state index contributed by atoms with van der Waals surface area (Å²) >= 11 is 0.513. The van der Waals surface area contributed by atoms with E-state index in [0.717, 1.165) is 31.2 Å². The number of rotatable bonds is 5. The summed E-state index contributed by atoms with van der Waals surface area (Å²) in [7, 11) is 1.63. The molecule has 9 heteroatoms. The summed E-state index contributed by atoms with van der Waals surface area (Å²) in [5.41, 5.74) is 1.73. The summed E-state index contributed by atoms with van der Waals surface area (Å²) in [6.45, 7) is 0. The normalized spacial score (nSPS) is 22.1. The van der Waals surface area contributed by atoms with Crippen LogP contribution < -0.4 is 9.47 Å². The predicted octanol–water partition coefficient (Wildman–Crippen LogP) is 6.78. The second-order valence-electron chi connectivity index (χ2n) is 9.94. The first kappa shape index (κ1) is 26.5. The second-order valence-corrected chi connectivity index (χ2v) is 10.9. The lowest BCUT2D eigenvalue weighted by Gasteiger charge is -2.35. The first-order chi connectivity index (χ1) is 18.3. The van der Waals surface area contributed by atoms with Gasteiger partial charge in [0, 0.05) is 11.1 Å². The lowest BCUT2D eigenvalue weighted by atomic mass is 9.69. The fraction of sp³-hybridized carbons (Fsp3) is 0.448. The van der Waals surface area contributed by atoms with Crippen LogP contribution >= 0.6 is 11.3 Å². The van der Waals surface area contributed by atoms with Gasteiger partial charge in [0.05, 0.1) is 24.7 Å². The van der Waals surface area contributed by atoms with Crippen molar-refractivity contribution < 1.29 is 27.8 Å². The third-order valence-electron chi connectivity index (χ3n) is 7.34. The Bertz CT molecular complexity index is 1330. The molecule has 0 aliphatic heterocycles. The van der Waals surface area contributed by atoms with Gasteiger partial charge in [0.2, 0.25) is 5.01 Å².